The topological polar surface area (TPSA) is 38.3 Å². The lowest BCUT2D eigenvalue weighted by Crippen LogP contribution is -2.27. The van der Waals surface area contributed by atoms with Gasteiger partial charge in [0.2, 0.25) is 5.91 Å². The second kappa shape index (κ2) is 6.65. The molecule has 0 fully saturated rings. The average Bonchev–Trinajstić information content (AvgIpc) is 2.95. The van der Waals surface area contributed by atoms with Crippen LogP contribution in [0.1, 0.15) is 22.3 Å². The number of carbonyl (C=O) groups is 1. The van der Waals surface area contributed by atoms with Crippen LogP contribution in [-0.4, -0.2) is 19.1 Å². The summed E-state index contributed by atoms with van der Waals surface area (Å²) in [7, 11) is 0. The Morgan fingerprint density at radius 2 is 2.09 bits per heavy atom. The molecular formula is C19H21NO2. The first-order chi connectivity index (χ1) is 10.7. The van der Waals surface area contributed by atoms with Crippen molar-refractivity contribution < 1.29 is 9.53 Å². The van der Waals surface area contributed by atoms with E-state index in [1.54, 1.807) is 0 Å². The van der Waals surface area contributed by atoms with Crippen LogP contribution in [0.15, 0.2) is 42.5 Å². The first-order valence-electron chi connectivity index (χ1n) is 7.77. The van der Waals surface area contributed by atoms with Crippen molar-refractivity contribution in [1.29, 1.82) is 0 Å². The van der Waals surface area contributed by atoms with E-state index in [-0.39, 0.29) is 5.91 Å². The Morgan fingerprint density at radius 3 is 2.95 bits per heavy atom. The van der Waals surface area contributed by atoms with Gasteiger partial charge in [0.05, 0.1) is 13.0 Å². The van der Waals surface area contributed by atoms with Crippen LogP contribution in [0.4, 0.5) is 0 Å². The summed E-state index contributed by atoms with van der Waals surface area (Å²) < 4.78 is 5.50. The van der Waals surface area contributed by atoms with E-state index in [9.17, 15) is 4.79 Å². The lowest BCUT2D eigenvalue weighted by Gasteiger charge is -2.07. The summed E-state index contributed by atoms with van der Waals surface area (Å²) in [6, 6.07) is 14.4. The summed E-state index contributed by atoms with van der Waals surface area (Å²) in [6.07, 6.45) is 2.29. The Kier molecular flexibility index (Phi) is 4.42. The fourth-order valence-electron chi connectivity index (χ4n) is 2.81. The number of carbonyl (C=O) groups excluding carboxylic acids is 1. The Morgan fingerprint density at radius 1 is 1.18 bits per heavy atom. The van der Waals surface area contributed by atoms with Crippen LogP contribution in [-0.2, 0) is 24.1 Å². The zero-order valence-corrected chi connectivity index (χ0v) is 12.9. The molecule has 0 saturated carbocycles. The summed E-state index contributed by atoms with van der Waals surface area (Å²) in [5.74, 6) is 1.09. The van der Waals surface area contributed by atoms with Crippen molar-refractivity contribution in [3.8, 4) is 5.75 Å². The molecule has 1 N–H and O–H groups in total. The van der Waals surface area contributed by atoms with Gasteiger partial charge in [-0.2, -0.15) is 0 Å². The monoisotopic (exact) mass is 295 g/mol. The van der Waals surface area contributed by atoms with Crippen LogP contribution in [0.3, 0.4) is 0 Å². The van der Waals surface area contributed by atoms with Gasteiger partial charge in [-0.15, -0.1) is 0 Å². The fourth-order valence-corrected chi connectivity index (χ4v) is 2.81. The number of ether oxygens (including phenoxy) is 1. The number of aryl methyl sites for hydroxylation is 1. The van der Waals surface area contributed by atoms with Crippen LogP contribution < -0.4 is 10.1 Å². The number of hydrogen-bond donors (Lipinski definition) is 1. The van der Waals surface area contributed by atoms with Gasteiger partial charge in [0.25, 0.3) is 0 Å². The zero-order chi connectivity index (χ0) is 15.4. The predicted octanol–water partition coefficient (Wildman–Crippen LogP) is 2.83. The highest BCUT2D eigenvalue weighted by Crippen LogP contribution is 2.25. The van der Waals surface area contributed by atoms with Gasteiger partial charge in [-0.1, -0.05) is 42.0 Å². The molecule has 3 rings (SSSR count). The molecule has 1 heterocycles. The maximum atomic E-state index is 12.0. The third-order valence-electron chi connectivity index (χ3n) is 3.94. The number of benzene rings is 2. The number of nitrogens with one attached hydrogen (secondary N) is 1. The van der Waals surface area contributed by atoms with Gasteiger partial charge in [-0.25, -0.2) is 0 Å². The summed E-state index contributed by atoms with van der Waals surface area (Å²) >= 11 is 0. The van der Waals surface area contributed by atoms with Crippen LogP contribution in [0, 0.1) is 6.92 Å². The largest absolute Gasteiger partial charge is 0.493 e. The third kappa shape index (κ3) is 3.67. The predicted molar refractivity (Wildman–Crippen MR) is 87.2 cm³/mol. The maximum Gasteiger partial charge on any atom is 0.224 e. The van der Waals surface area contributed by atoms with Gasteiger partial charge in [0.15, 0.2) is 0 Å². The van der Waals surface area contributed by atoms with Gasteiger partial charge in [0, 0.05) is 13.0 Å². The number of amides is 1. The summed E-state index contributed by atoms with van der Waals surface area (Å²) in [5.41, 5.74) is 4.78. The summed E-state index contributed by atoms with van der Waals surface area (Å²) in [5, 5.41) is 3.00. The van der Waals surface area contributed by atoms with Gasteiger partial charge in [0.1, 0.15) is 5.75 Å². The highest BCUT2D eigenvalue weighted by molar-refractivity contribution is 5.78. The number of rotatable bonds is 5. The van der Waals surface area contributed by atoms with E-state index in [4.69, 9.17) is 4.74 Å². The molecule has 2 aromatic carbocycles. The van der Waals surface area contributed by atoms with Crippen LogP contribution in [0.2, 0.25) is 0 Å². The minimum absolute atomic E-state index is 0.0788. The molecule has 0 aromatic heterocycles. The van der Waals surface area contributed by atoms with Crippen molar-refractivity contribution in [2.45, 2.75) is 26.2 Å². The van der Waals surface area contributed by atoms with E-state index in [1.807, 2.05) is 31.2 Å². The molecule has 0 radical (unpaired) electrons. The molecule has 0 atom stereocenters. The van der Waals surface area contributed by atoms with Crippen LogP contribution >= 0.6 is 0 Å². The molecule has 114 valence electrons. The molecular weight excluding hydrogens is 274 g/mol. The van der Waals surface area contributed by atoms with E-state index in [2.05, 4.69) is 23.5 Å². The van der Waals surface area contributed by atoms with Crippen LogP contribution in [0.25, 0.3) is 0 Å². The minimum Gasteiger partial charge on any atom is -0.493 e. The summed E-state index contributed by atoms with van der Waals surface area (Å²) in [6.45, 7) is 3.50. The van der Waals surface area contributed by atoms with E-state index < -0.39 is 0 Å². The molecule has 3 heteroatoms. The van der Waals surface area contributed by atoms with Crippen molar-refractivity contribution in [2.24, 2.45) is 0 Å². The molecule has 3 nitrogen and oxygen atoms in total. The standard InChI is InChI=1S/C19H21NO2/c1-14-3-2-4-16(11-14)13-19(21)20-9-7-15-5-6-18-17(12-15)8-10-22-18/h2-6,11-12H,7-10,13H2,1H3,(H,20,21). The Bertz CT molecular complexity index is 679. The SMILES string of the molecule is Cc1cccc(CC(=O)NCCc2ccc3c(c2)CCO3)c1. The Balaban J connectivity index is 1.47. The molecule has 0 spiro atoms. The Hall–Kier alpha value is -2.29. The van der Waals surface area contributed by atoms with Crippen molar-refractivity contribution in [3.05, 3.63) is 64.7 Å². The molecule has 1 aliphatic rings. The maximum absolute atomic E-state index is 12.0. The average molecular weight is 295 g/mol. The van der Waals surface area contributed by atoms with Gasteiger partial charge in [-0.05, 0) is 36.1 Å². The molecule has 1 amide bonds. The normalized spacial score (nSPS) is 12.6. The lowest BCUT2D eigenvalue weighted by molar-refractivity contribution is -0.120. The summed E-state index contributed by atoms with van der Waals surface area (Å²) in [4.78, 5) is 12.0. The van der Waals surface area contributed by atoms with Gasteiger partial charge >= 0.3 is 0 Å². The van der Waals surface area contributed by atoms with E-state index >= 15 is 0 Å². The van der Waals surface area contributed by atoms with Crippen molar-refractivity contribution >= 4 is 5.91 Å². The second-order valence-corrected chi connectivity index (χ2v) is 5.81. The van der Waals surface area contributed by atoms with E-state index in [0.717, 1.165) is 30.8 Å². The van der Waals surface area contributed by atoms with Gasteiger partial charge in [-0.3, -0.25) is 4.79 Å². The van der Waals surface area contributed by atoms with Crippen molar-refractivity contribution in [3.63, 3.8) is 0 Å². The van der Waals surface area contributed by atoms with Gasteiger partial charge < -0.3 is 10.1 Å². The first-order valence-corrected chi connectivity index (χ1v) is 7.77. The van der Waals surface area contributed by atoms with Crippen LogP contribution in [0.5, 0.6) is 5.75 Å². The molecule has 0 aliphatic carbocycles. The zero-order valence-electron chi connectivity index (χ0n) is 12.9. The quantitative estimate of drug-likeness (QED) is 0.921. The van der Waals surface area contributed by atoms with Crippen molar-refractivity contribution in [1.82, 2.24) is 5.32 Å². The molecule has 1 aliphatic heterocycles. The molecule has 0 saturated heterocycles. The smallest absolute Gasteiger partial charge is 0.224 e. The number of hydrogen-bond acceptors (Lipinski definition) is 2. The third-order valence-corrected chi connectivity index (χ3v) is 3.94. The fraction of sp³-hybridized carbons (Fsp3) is 0.316. The number of fused-ring (bicyclic) bond motifs is 1. The molecule has 0 unspecified atom stereocenters. The highest BCUT2D eigenvalue weighted by atomic mass is 16.5. The second-order valence-electron chi connectivity index (χ2n) is 5.81. The first kappa shape index (κ1) is 14.6. The molecule has 22 heavy (non-hydrogen) atoms. The van der Waals surface area contributed by atoms with E-state index in [0.29, 0.717) is 13.0 Å². The van der Waals surface area contributed by atoms with Crippen molar-refractivity contribution in [2.75, 3.05) is 13.2 Å². The lowest BCUT2D eigenvalue weighted by atomic mass is 10.1. The Labute approximate surface area is 131 Å². The van der Waals surface area contributed by atoms with E-state index in [1.165, 1.54) is 16.7 Å². The molecule has 2 aromatic rings. The highest BCUT2D eigenvalue weighted by Gasteiger charge is 2.11. The minimum atomic E-state index is 0.0788. The molecule has 0 bridgehead atoms.